The van der Waals surface area contributed by atoms with Gasteiger partial charge in [-0.2, -0.15) is 13.2 Å². The third-order valence-corrected chi connectivity index (χ3v) is 6.33. The van der Waals surface area contributed by atoms with Gasteiger partial charge in [0, 0.05) is 0 Å². The number of anilines is 1. The Morgan fingerprint density at radius 2 is 1.72 bits per heavy atom. The van der Waals surface area contributed by atoms with Crippen LogP contribution in [0, 0.1) is 18.8 Å². The van der Waals surface area contributed by atoms with E-state index in [1.54, 1.807) is 24.3 Å². The van der Waals surface area contributed by atoms with Crippen LogP contribution in [0.1, 0.15) is 54.7 Å². The van der Waals surface area contributed by atoms with Crippen LogP contribution < -0.4 is 5.32 Å². The summed E-state index contributed by atoms with van der Waals surface area (Å²) < 4.78 is 40.7. The molecule has 3 rings (SSSR count). The molecule has 32 heavy (non-hydrogen) atoms. The van der Waals surface area contributed by atoms with Crippen molar-refractivity contribution >= 4 is 29.2 Å². The van der Waals surface area contributed by atoms with Gasteiger partial charge in [-0.25, -0.2) is 0 Å². The van der Waals surface area contributed by atoms with Crippen LogP contribution in [0.25, 0.3) is 0 Å². The molecule has 3 atom stereocenters. The quantitative estimate of drug-likeness (QED) is 0.463. The van der Waals surface area contributed by atoms with Crippen LogP contribution in [-0.2, 0) is 9.59 Å². The average molecular weight is 468 g/mol. The number of benzene rings is 2. The van der Waals surface area contributed by atoms with E-state index in [9.17, 15) is 27.9 Å². The van der Waals surface area contributed by atoms with E-state index < -0.39 is 29.9 Å². The van der Waals surface area contributed by atoms with E-state index in [-0.39, 0.29) is 34.5 Å². The monoisotopic (exact) mass is 467 g/mol. The summed E-state index contributed by atoms with van der Waals surface area (Å²) >= 11 is 6.23. The molecule has 2 aromatic carbocycles. The van der Waals surface area contributed by atoms with E-state index in [0.29, 0.717) is 5.56 Å². The van der Waals surface area contributed by atoms with Crippen LogP contribution in [0.5, 0.6) is 0 Å². The number of carboxylic acid groups (broad SMARTS) is 1. The molecule has 0 spiro atoms. The highest BCUT2D eigenvalue weighted by Crippen LogP contribution is 2.46. The molecule has 0 saturated heterocycles. The number of hydrogen-bond acceptors (Lipinski definition) is 2. The van der Waals surface area contributed by atoms with Crippen LogP contribution in [0.4, 0.5) is 18.9 Å². The molecule has 2 N–H and O–H groups in total. The Morgan fingerprint density at radius 3 is 2.25 bits per heavy atom. The number of alkyl halides is 3. The number of aliphatic carboxylic acids is 1. The molecule has 1 amide bonds. The van der Waals surface area contributed by atoms with Crippen LogP contribution in [0.15, 0.2) is 42.5 Å². The number of carboxylic acids is 1. The topological polar surface area (TPSA) is 66.4 Å². The van der Waals surface area contributed by atoms with Crippen molar-refractivity contribution < 1.29 is 27.9 Å². The zero-order chi connectivity index (χ0) is 23.6. The Kier molecular flexibility index (Phi) is 7.18. The van der Waals surface area contributed by atoms with Gasteiger partial charge in [0.25, 0.3) is 0 Å². The summed E-state index contributed by atoms with van der Waals surface area (Å²) in [5.41, 5.74) is 2.00. The fourth-order valence-corrected chi connectivity index (χ4v) is 4.12. The molecule has 0 bridgehead atoms. The van der Waals surface area contributed by atoms with E-state index in [4.69, 9.17) is 11.6 Å². The summed E-state index contributed by atoms with van der Waals surface area (Å²) in [5.74, 6) is -5.13. The predicted octanol–water partition coefficient (Wildman–Crippen LogP) is 6.54. The number of carbonyl (C=O) groups is 2. The molecule has 0 radical (unpaired) electrons. The van der Waals surface area contributed by atoms with Crippen molar-refractivity contribution in [3.05, 3.63) is 64.2 Å². The summed E-state index contributed by atoms with van der Waals surface area (Å²) in [6, 6.07) is 11.2. The predicted molar refractivity (Wildman–Crippen MR) is 117 cm³/mol. The lowest BCUT2D eigenvalue weighted by Gasteiger charge is -2.26. The number of rotatable bonds is 8. The highest BCUT2D eigenvalue weighted by molar-refractivity contribution is 6.33. The van der Waals surface area contributed by atoms with Crippen molar-refractivity contribution in [1.82, 2.24) is 0 Å². The molecule has 2 aromatic rings. The minimum Gasteiger partial charge on any atom is -0.481 e. The van der Waals surface area contributed by atoms with Gasteiger partial charge in [-0.1, -0.05) is 54.4 Å². The van der Waals surface area contributed by atoms with Crippen molar-refractivity contribution in [2.45, 2.75) is 51.1 Å². The Hall–Kier alpha value is -2.54. The molecule has 1 aliphatic carbocycles. The van der Waals surface area contributed by atoms with Crippen molar-refractivity contribution in [2.75, 3.05) is 5.32 Å². The second-order valence-corrected chi connectivity index (χ2v) is 8.90. The van der Waals surface area contributed by atoms with Gasteiger partial charge >= 0.3 is 12.1 Å². The molecule has 172 valence electrons. The third-order valence-electron chi connectivity index (χ3n) is 6.00. The fraction of sp³-hybridized carbons (Fsp3) is 0.417. The van der Waals surface area contributed by atoms with Crippen LogP contribution in [0.2, 0.25) is 5.02 Å². The number of aryl methyl sites for hydroxylation is 1. The molecule has 1 fully saturated rings. The first kappa shape index (κ1) is 24.1. The molecule has 1 saturated carbocycles. The van der Waals surface area contributed by atoms with Gasteiger partial charge in [-0.05, 0) is 54.9 Å². The summed E-state index contributed by atoms with van der Waals surface area (Å²) in [6.45, 7) is 2.79. The molecule has 0 aliphatic heterocycles. The van der Waals surface area contributed by atoms with E-state index >= 15 is 0 Å². The number of hydrogen-bond donors (Lipinski definition) is 2. The lowest BCUT2D eigenvalue weighted by atomic mass is 9.85. The normalized spacial score (nSPS) is 16.8. The number of carbonyl (C=O) groups excluding carboxylic acids is 1. The van der Waals surface area contributed by atoms with Crippen molar-refractivity contribution in [2.24, 2.45) is 11.8 Å². The summed E-state index contributed by atoms with van der Waals surface area (Å²) in [4.78, 5) is 24.4. The highest BCUT2D eigenvalue weighted by Gasteiger charge is 2.45. The Bertz CT molecular complexity index is 987. The lowest BCUT2D eigenvalue weighted by Crippen LogP contribution is -2.34. The maximum absolute atomic E-state index is 13.6. The molecule has 8 heteroatoms. The Balaban J connectivity index is 1.91. The zero-order valence-electron chi connectivity index (χ0n) is 17.7. The summed E-state index contributed by atoms with van der Waals surface area (Å²) in [6.07, 6.45) is -2.80. The summed E-state index contributed by atoms with van der Waals surface area (Å²) in [7, 11) is 0. The first-order valence-electron chi connectivity index (χ1n) is 10.4. The standard InChI is InChI=1S/C24H25ClF3NO3/c1-13-3-5-16(6-4-13)22(14(2)24(26,27)28)23(32)29-20-11-17(9-10-19(20)25)18(12-21(30)31)15-7-8-15/h3-6,9-11,14-15,18,22H,7-8,12H2,1-2H3,(H,29,32)(H,30,31)/t14-,18+,22+/m1/s1. The highest BCUT2D eigenvalue weighted by atomic mass is 35.5. The number of amides is 1. The molecule has 0 unspecified atom stereocenters. The van der Waals surface area contributed by atoms with Gasteiger partial charge < -0.3 is 10.4 Å². The molecule has 4 nitrogen and oxygen atoms in total. The largest absolute Gasteiger partial charge is 0.481 e. The van der Waals surface area contributed by atoms with E-state index in [1.165, 1.54) is 18.2 Å². The van der Waals surface area contributed by atoms with Crippen LogP contribution in [0.3, 0.4) is 0 Å². The molecule has 0 aromatic heterocycles. The lowest BCUT2D eigenvalue weighted by molar-refractivity contribution is -0.178. The minimum absolute atomic E-state index is 0.0587. The van der Waals surface area contributed by atoms with Gasteiger partial charge in [-0.3, -0.25) is 9.59 Å². The van der Waals surface area contributed by atoms with Gasteiger partial charge in [0.05, 0.1) is 29.0 Å². The first-order chi connectivity index (χ1) is 15.0. The zero-order valence-corrected chi connectivity index (χ0v) is 18.5. The van der Waals surface area contributed by atoms with Gasteiger partial charge in [0.1, 0.15) is 0 Å². The van der Waals surface area contributed by atoms with Crippen molar-refractivity contribution in [3.63, 3.8) is 0 Å². The second kappa shape index (κ2) is 9.53. The second-order valence-electron chi connectivity index (χ2n) is 8.49. The number of nitrogens with one attached hydrogen (secondary N) is 1. The molecular weight excluding hydrogens is 443 g/mol. The van der Waals surface area contributed by atoms with Crippen LogP contribution >= 0.6 is 11.6 Å². The fourth-order valence-electron chi connectivity index (χ4n) is 3.95. The molecular formula is C24H25ClF3NO3. The van der Waals surface area contributed by atoms with E-state index in [1.807, 2.05) is 6.92 Å². The maximum Gasteiger partial charge on any atom is 0.392 e. The van der Waals surface area contributed by atoms with Gasteiger partial charge in [0.2, 0.25) is 5.91 Å². The first-order valence-corrected chi connectivity index (χ1v) is 10.8. The summed E-state index contributed by atoms with van der Waals surface area (Å²) in [5, 5.41) is 12.0. The minimum atomic E-state index is -4.57. The van der Waals surface area contributed by atoms with Crippen molar-refractivity contribution in [1.29, 1.82) is 0 Å². The Labute approximate surface area is 189 Å². The smallest absolute Gasteiger partial charge is 0.392 e. The van der Waals surface area contributed by atoms with Gasteiger partial charge in [0.15, 0.2) is 0 Å². The van der Waals surface area contributed by atoms with Crippen molar-refractivity contribution in [3.8, 4) is 0 Å². The third kappa shape index (κ3) is 5.82. The van der Waals surface area contributed by atoms with E-state index in [2.05, 4.69) is 5.32 Å². The van der Waals surface area contributed by atoms with Gasteiger partial charge in [-0.15, -0.1) is 0 Å². The molecule has 1 aliphatic rings. The average Bonchev–Trinajstić information content (AvgIpc) is 3.54. The SMILES string of the molecule is Cc1ccc([C@@H](C(=O)Nc2cc([C@@H](CC(=O)O)C3CC3)ccc2Cl)[C@@H](C)C(F)(F)F)cc1. The van der Waals surface area contributed by atoms with Crippen LogP contribution in [-0.4, -0.2) is 23.2 Å². The number of halogens is 4. The van der Waals surface area contributed by atoms with E-state index in [0.717, 1.165) is 25.3 Å². The maximum atomic E-state index is 13.6. The Morgan fingerprint density at radius 1 is 1.12 bits per heavy atom. The molecule has 0 heterocycles.